The quantitative estimate of drug-likeness (QED) is 0.475. The van der Waals surface area contributed by atoms with Crippen molar-refractivity contribution in [2.45, 2.75) is 25.6 Å². The molecule has 0 saturated carbocycles. The highest BCUT2D eigenvalue weighted by Gasteiger charge is 2.36. The molecule has 0 N–H and O–H groups in total. The molecule has 2 aromatic carbocycles. The molecular formula is C22H21Cl2N3O5. The molecule has 10 heteroatoms. The zero-order valence-electron chi connectivity index (χ0n) is 17.7. The minimum atomic E-state index is -0.791. The average molecular weight is 478 g/mol. The fourth-order valence-electron chi connectivity index (χ4n) is 3.82. The molecule has 3 aromatic rings. The Bertz CT molecular complexity index is 1150. The highest BCUT2D eigenvalue weighted by atomic mass is 35.5. The molecule has 2 heterocycles. The van der Waals surface area contributed by atoms with Crippen LogP contribution in [-0.2, 0) is 14.3 Å². The van der Waals surface area contributed by atoms with Gasteiger partial charge in [-0.2, -0.15) is 0 Å². The maximum absolute atomic E-state index is 12.4. The second-order valence-electron chi connectivity index (χ2n) is 6.96. The van der Waals surface area contributed by atoms with Gasteiger partial charge in [0.25, 0.3) is 0 Å². The number of rotatable bonds is 6. The molecule has 4 rings (SSSR count). The minimum Gasteiger partial charge on any atom is -0.493 e. The van der Waals surface area contributed by atoms with Crippen molar-refractivity contribution in [2.24, 2.45) is 0 Å². The van der Waals surface area contributed by atoms with Crippen LogP contribution in [0.3, 0.4) is 0 Å². The van der Waals surface area contributed by atoms with Gasteiger partial charge in [0.2, 0.25) is 5.28 Å². The second kappa shape index (κ2) is 9.36. The van der Waals surface area contributed by atoms with Gasteiger partial charge in [0.05, 0.1) is 32.9 Å². The molecule has 0 radical (unpaired) electrons. The summed E-state index contributed by atoms with van der Waals surface area (Å²) in [5.41, 5.74) is 2.08. The van der Waals surface area contributed by atoms with E-state index < -0.39 is 18.2 Å². The predicted octanol–water partition coefficient (Wildman–Crippen LogP) is 4.71. The van der Waals surface area contributed by atoms with Crippen molar-refractivity contribution >= 4 is 29.2 Å². The molecule has 0 bridgehead atoms. The van der Waals surface area contributed by atoms with Crippen molar-refractivity contribution in [3.05, 3.63) is 63.7 Å². The van der Waals surface area contributed by atoms with Crippen molar-refractivity contribution in [1.29, 1.82) is 0 Å². The molecule has 2 atom stereocenters. The molecule has 0 aliphatic carbocycles. The fraction of sp³-hybridized carbons (Fsp3) is 0.318. The molecule has 32 heavy (non-hydrogen) atoms. The van der Waals surface area contributed by atoms with E-state index in [4.69, 9.17) is 42.1 Å². The van der Waals surface area contributed by atoms with E-state index in [9.17, 15) is 4.79 Å². The largest absolute Gasteiger partial charge is 0.493 e. The van der Waals surface area contributed by atoms with Crippen LogP contribution in [-0.4, -0.2) is 41.6 Å². The molecule has 168 valence electrons. The van der Waals surface area contributed by atoms with Gasteiger partial charge in [0.15, 0.2) is 17.3 Å². The summed E-state index contributed by atoms with van der Waals surface area (Å²) >= 11 is 12.8. The molecule has 8 nitrogen and oxygen atoms in total. The van der Waals surface area contributed by atoms with E-state index in [-0.39, 0.29) is 18.3 Å². The van der Waals surface area contributed by atoms with Crippen molar-refractivity contribution in [2.75, 3.05) is 20.8 Å². The van der Waals surface area contributed by atoms with Gasteiger partial charge in [-0.3, -0.25) is 9.36 Å². The fourth-order valence-corrected chi connectivity index (χ4v) is 4.21. The maximum Gasteiger partial charge on any atom is 0.308 e. The van der Waals surface area contributed by atoms with Crippen LogP contribution in [0.1, 0.15) is 42.5 Å². The Kier molecular flexibility index (Phi) is 6.55. The van der Waals surface area contributed by atoms with Crippen LogP contribution in [0.2, 0.25) is 10.3 Å². The number of carbonyl (C=O) groups excluding carboxylic acids is 1. The van der Waals surface area contributed by atoms with Gasteiger partial charge in [0, 0.05) is 16.1 Å². The summed E-state index contributed by atoms with van der Waals surface area (Å²) in [6.07, 6.45) is -1.54. The number of carbonyl (C=O) groups is 1. The number of para-hydroxylation sites is 1. The first-order valence-electron chi connectivity index (χ1n) is 9.91. The lowest BCUT2D eigenvalue weighted by Crippen LogP contribution is -2.17. The number of ether oxygens (including phenoxy) is 4. The van der Waals surface area contributed by atoms with Gasteiger partial charge in [-0.05, 0) is 42.8 Å². The van der Waals surface area contributed by atoms with Gasteiger partial charge in [-0.1, -0.05) is 23.7 Å². The van der Waals surface area contributed by atoms with E-state index >= 15 is 0 Å². The lowest BCUT2D eigenvalue weighted by atomic mass is 9.98. The number of halogens is 2. The first kappa shape index (κ1) is 22.4. The highest BCUT2D eigenvalue weighted by Crippen LogP contribution is 2.46. The Hall–Kier alpha value is -2.81. The molecule has 1 aliphatic heterocycles. The van der Waals surface area contributed by atoms with Gasteiger partial charge in [-0.15, -0.1) is 10.2 Å². The normalized spacial score (nSPS) is 17.2. The monoisotopic (exact) mass is 477 g/mol. The minimum absolute atomic E-state index is 0.0760. The Labute approximate surface area is 195 Å². The summed E-state index contributed by atoms with van der Waals surface area (Å²) in [5.74, 6) is 1.00. The van der Waals surface area contributed by atoms with Crippen molar-refractivity contribution in [1.82, 2.24) is 14.8 Å². The maximum atomic E-state index is 12.4. The topological polar surface area (TPSA) is 84.7 Å². The first-order valence-corrected chi connectivity index (χ1v) is 10.7. The number of nitrogens with zero attached hydrogens (tertiary/aromatic N) is 3. The van der Waals surface area contributed by atoms with Crippen molar-refractivity contribution in [3.8, 4) is 17.2 Å². The van der Waals surface area contributed by atoms with Crippen LogP contribution < -0.4 is 9.47 Å². The molecule has 0 spiro atoms. The second-order valence-corrected chi connectivity index (χ2v) is 7.74. The molecule has 1 aliphatic rings. The number of aromatic nitrogens is 3. The molecule has 0 amide bonds. The molecule has 2 unspecified atom stereocenters. The Balaban J connectivity index is 1.94. The van der Waals surface area contributed by atoms with Crippen LogP contribution in [0.25, 0.3) is 5.69 Å². The summed E-state index contributed by atoms with van der Waals surface area (Å²) in [4.78, 5) is 12.4. The Morgan fingerprint density at radius 3 is 2.66 bits per heavy atom. The van der Waals surface area contributed by atoms with E-state index in [0.717, 1.165) is 0 Å². The predicted molar refractivity (Wildman–Crippen MR) is 118 cm³/mol. The SMILES string of the molecule is CCOC(=O)CC1OC(c2cccc(OC)c2OC)c2cc(Cl)ccc2-n2c(Cl)nnc21. The average Bonchev–Trinajstić information content (AvgIpc) is 3.11. The smallest absolute Gasteiger partial charge is 0.308 e. The summed E-state index contributed by atoms with van der Waals surface area (Å²) < 4.78 is 24.4. The Morgan fingerprint density at radius 2 is 1.94 bits per heavy atom. The Morgan fingerprint density at radius 1 is 1.12 bits per heavy atom. The molecule has 0 fully saturated rings. The number of methoxy groups -OCH3 is 2. The standard InChI is InChI=1S/C22H21Cl2N3O5/c1-4-31-18(28)11-17-21-25-26-22(24)27(21)15-9-8-12(23)10-14(15)19(32-17)13-6-5-7-16(29-2)20(13)30-3/h5-10,17,19H,4,11H2,1-3H3. The van der Waals surface area contributed by atoms with Crippen LogP contribution in [0, 0.1) is 0 Å². The molecule has 0 saturated heterocycles. The number of fused-ring (bicyclic) bond motifs is 3. The third kappa shape index (κ3) is 4.01. The third-order valence-electron chi connectivity index (χ3n) is 5.12. The molecular weight excluding hydrogens is 457 g/mol. The van der Waals surface area contributed by atoms with E-state index in [1.165, 1.54) is 0 Å². The molecule has 1 aromatic heterocycles. The summed E-state index contributed by atoms with van der Waals surface area (Å²) in [7, 11) is 3.11. The third-order valence-corrected chi connectivity index (χ3v) is 5.60. The summed E-state index contributed by atoms with van der Waals surface area (Å²) in [6.45, 7) is 1.99. The van der Waals surface area contributed by atoms with Crippen LogP contribution in [0.15, 0.2) is 36.4 Å². The van der Waals surface area contributed by atoms with E-state index in [0.29, 0.717) is 39.2 Å². The van der Waals surface area contributed by atoms with E-state index in [1.54, 1.807) is 43.9 Å². The van der Waals surface area contributed by atoms with Crippen LogP contribution >= 0.6 is 23.2 Å². The highest BCUT2D eigenvalue weighted by molar-refractivity contribution is 6.30. The van der Waals surface area contributed by atoms with Gasteiger partial charge in [0.1, 0.15) is 12.2 Å². The first-order chi connectivity index (χ1) is 15.5. The van der Waals surface area contributed by atoms with Gasteiger partial charge in [-0.25, -0.2) is 0 Å². The van der Waals surface area contributed by atoms with Crippen molar-refractivity contribution < 1.29 is 23.7 Å². The van der Waals surface area contributed by atoms with Gasteiger partial charge < -0.3 is 18.9 Å². The van der Waals surface area contributed by atoms with Gasteiger partial charge >= 0.3 is 5.97 Å². The lowest BCUT2D eigenvalue weighted by Gasteiger charge is -2.24. The van der Waals surface area contributed by atoms with Crippen molar-refractivity contribution in [3.63, 3.8) is 0 Å². The lowest BCUT2D eigenvalue weighted by molar-refractivity contribution is -0.147. The zero-order valence-corrected chi connectivity index (χ0v) is 19.2. The number of benzene rings is 2. The van der Waals surface area contributed by atoms with Crippen LogP contribution in [0.5, 0.6) is 11.5 Å². The zero-order chi connectivity index (χ0) is 22.8. The van der Waals surface area contributed by atoms with Crippen LogP contribution in [0.4, 0.5) is 0 Å². The summed E-state index contributed by atoms with van der Waals surface area (Å²) in [5, 5.41) is 8.83. The number of esters is 1. The van der Waals surface area contributed by atoms with E-state index in [1.807, 2.05) is 18.2 Å². The number of hydrogen-bond acceptors (Lipinski definition) is 7. The van der Waals surface area contributed by atoms with E-state index in [2.05, 4.69) is 10.2 Å². The summed E-state index contributed by atoms with van der Waals surface area (Å²) in [6, 6.07) is 10.8. The number of hydrogen-bond donors (Lipinski definition) is 0.